The highest BCUT2D eigenvalue weighted by atomic mass is 35.5. The molecule has 4 nitrogen and oxygen atoms in total. The van der Waals surface area contributed by atoms with Gasteiger partial charge in [0, 0.05) is 33.1 Å². The third-order valence-corrected chi connectivity index (χ3v) is 6.90. The molecule has 1 atom stereocenters. The standard InChI is InChI=1S/C13H16ClNO3S2/c1-8(7-16)15(3)20(17,18)13-9(2)19-12-5-4-10(14)6-11(12)13/h4-6,8,16H,7H2,1-3H3/t8-/m1/s1. The lowest BCUT2D eigenvalue weighted by atomic mass is 10.2. The van der Waals surface area contributed by atoms with Crippen molar-refractivity contribution in [3.8, 4) is 0 Å². The van der Waals surface area contributed by atoms with Crippen LogP contribution in [0.25, 0.3) is 10.1 Å². The van der Waals surface area contributed by atoms with Gasteiger partial charge in [0.1, 0.15) is 4.90 Å². The van der Waals surface area contributed by atoms with Gasteiger partial charge < -0.3 is 5.11 Å². The molecule has 0 spiro atoms. The molecule has 0 radical (unpaired) electrons. The molecule has 110 valence electrons. The van der Waals surface area contributed by atoms with Crippen molar-refractivity contribution in [3.05, 3.63) is 28.1 Å². The molecule has 0 unspecified atom stereocenters. The van der Waals surface area contributed by atoms with Gasteiger partial charge in [-0.25, -0.2) is 8.42 Å². The SMILES string of the molecule is Cc1sc2ccc(Cl)cc2c1S(=O)(=O)N(C)[C@H](C)CO. The molecule has 0 saturated carbocycles. The summed E-state index contributed by atoms with van der Waals surface area (Å²) < 4.78 is 27.5. The first-order valence-electron chi connectivity index (χ1n) is 6.06. The van der Waals surface area contributed by atoms with Gasteiger partial charge in [0.2, 0.25) is 10.0 Å². The van der Waals surface area contributed by atoms with Crippen molar-refractivity contribution in [2.75, 3.05) is 13.7 Å². The number of fused-ring (bicyclic) bond motifs is 1. The van der Waals surface area contributed by atoms with Gasteiger partial charge in [-0.2, -0.15) is 4.31 Å². The van der Waals surface area contributed by atoms with E-state index in [0.717, 1.165) is 9.58 Å². The summed E-state index contributed by atoms with van der Waals surface area (Å²) >= 11 is 7.40. The van der Waals surface area contributed by atoms with Crippen LogP contribution in [0.15, 0.2) is 23.1 Å². The zero-order chi connectivity index (χ0) is 15.1. The first-order valence-corrected chi connectivity index (χ1v) is 8.70. The van der Waals surface area contributed by atoms with Crippen LogP contribution >= 0.6 is 22.9 Å². The van der Waals surface area contributed by atoms with Crippen molar-refractivity contribution in [1.82, 2.24) is 4.31 Å². The van der Waals surface area contributed by atoms with Gasteiger partial charge in [-0.1, -0.05) is 11.6 Å². The van der Waals surface area contributed by atoms with E-state index in [4.69, 9.17) is 16.7 Å². The number of sulfonamides is 1. The number of benzene rings is 1. The quantitative estimate of drug-likeness (QED) is 0.936. The number of aliphatic hydroxyl groups is 1. The molecule has 1 aromatic heterocycles. The first kappa shape index (κ1) is 15.7. The summed E-state index contributed by atoms with van der Waals surface area (Å²) in [5, 5.41) is 10.3. The number of thiophene rings is 1. The molecule has 0 saturated heterocycles. The molecule has 2 rings (SSSR count). The van der Waals surface area contributed by atoms with Crippen molar-refractivity contribution in [1.29, 1.82) is 0 Å². The second-order valence-electron chi connectivity index (χ2n) is 4.68. The lowest BCUT2D eigenvalue weighted by Crippen LogP contribution is -2.37. The molecular formula is C13H16ClNO3S2. The summed E-state index contributed by atoms with van der Waals surface area (Å²) in [4.78, 5) is 1.00. The largest absolute Gasteiger partial charge is 0.395 e. The fourth-order valence-corrected chi connectivity index (χ4v) is 5.24. The van der Waals surface area contributed by atoms with E-state index in [-0.39, 0.29) is 11.5 Å². The van der Waals surface area contributed by atoms with Crippen molar-refractivity contribution in [2.45, 2.75) is 24.8 Å². The van der Waals surface area contributed by atoms with E-state index in [1.54, 1.807) is 26.0 Å². The highest BCUT2D eigenvalue weighted by Crippen LogP contribution is 2.37. The average Bonchev–Trinajstić information content (AvgIpc) is 2.72. The van der Waals surface area contributed by atoms with Crippen molar-refractivity contribution in [2.24, 2.45) is 0 Å². The predicted octanol–water partition coefficient (Wildman–Crippen LogP) is 2.86. The molecule has 2 aromatic rings. The Morgan fingerprint density at radius 1 is 1.45 bits per heavy atom. The number of likely N-dealkylation sites (N-methyl/N-ethyl adjacent to an activating group) is 1. The van der Waals surface area contributed by atoms with Gasteiger partial charge in [0.05, 0.1) is 6.61 Å². The monoisotopic (exact) mass is 333 g/mol. The Labute approximate surface area is 127 Å². The van der Waals surface area contributed by atoms with Crippen molar-refractivity contribution in [3.63, 3.8) is 0 Å². The summed E-state index contributed by atoms with van der Waals surface area (Å²) in [6, 6.07) is 4.76. The number of rotatable bonds is 4. The van der Waals surface area contributed by atoms with Gasteiger partial charge in [0.25, 0.3) is 0 Å². The maximum Gasteiger partial charge on any atom is 0.244 e. The van der Waals surface area contributed by atoms with Gasteiger partial charge in [-0.15, -0.1) is 11.3 Å². The van der Waals surface area contributed by atoms with E-state index in [0.29, 0.717) is 10.4 Å². The van der Waals surface area contributed by atoms with Crippen LogP contribution in [-0.4, -0.2) is 37.5 Å². The van der Waals surface area contributed by atoms with E-state index in [1.807, 2.05) is 6.07 Å². The molecule has 1 heterocycles. The van der Waals surface area contributed by atoms with E-state index in [9.17, 15) is 8.42 Å². The Balaban J connectivity index is 2.68. The van der Waals surface area contributed by atoms with Gasteiger partial charge in [0.15, 0.2) is 0 Å². The van der Waals surface area contributed by atoms with Crippen LogP contribution in [0, 0.1) is 6.92 Å². The highest BCUT2D eigenvalue weighted by molar-refractivity contribution is 7.89. The first-order chi connectivity index (χ1) is 9.28. The number of nitrogens with zero attached hydrogens (tertiary/aromatic N) is 1. The lowest BCUT2D eigenvalue weighted by molar-refractivity contribution is 0.214. The van der Waals surface area contributed by atoms with Crippen LogP contribution in [0.3, 0.4) is 0 Å². The van der Waals surface area contributed by atoms with Crippen LogP contribution in [0.5, 0.6) is 0 Å². The lowest BCUT2D eigenvalue weighted by Gasteiger charge is -2.22. The van der Waals surface area contributed by atoms with Gasteiger partial charge in [-0.3, -0.25) is 0 Å². The minimum atomic E-state index is -3.66. The maximum atomic E-state index is 12.7. The maximum absolute atomic E-state index is 12.7. The van der Waals surface area contributed by atoms with Crippen LogP contribution in [0.1, 0.15) is 11.8 Å². The van der Waals surface area contributed by atoms with E-state index in [1.165, 1.54) is 22.7 Å². The molecule has 20 heavy (non-hydrogen) atoms. The van der Waals surface area contributed by atoms with Crippen LogP contribution in [0.2, 0.25) is 5.02 Å². The summed E-state index contributed by atoms with van der Waals surface area (Å²) in [6.45, 7) is 3.22. The zero-order valence-electron chi connectivity index (χ0n) is 11.4. The number of hydrogen-bond donors (Lipinski definition) is 1. The summed E-state index contributed by atoms with van der Waals surface area (Å²) in [5.41, 5.74) is 0. The molecule has 7 heteroatoms. The molecule has 0 fully saturated rings. The van der Waals surface area contributed by atoms with E-state index in [2.05, 4.69) is 0 Å². The minimum absolute atomic E-state index is 0.225. The summed E-state index contributed by atoms with van der Waals surface area (Å²) in [6.07, 6.45) is 0. The molecule has 0 aliphatic heterocycles. The van der Waals surface area contributed by atoms with E-state index >= 15 is 0 Å². The highest BCUT2D eigenvalue weighted by Gasteiger charge is 2.29. The molecular weight excluding hydrogens is 318 g/mol. The van der Waals surface area contributed by atoms with Crippen molar-refractivity contribution < 1.29 is 13.5 Å². The van der Waals surface area contributed by atoms with Crippen LogP contribution in [-0.2, 0) is 10.0 Å². The Morgan fingerprint density at radius 2 is 2.10 bits per heavy atom. The zero-order valence-corrected chi connectivity index (χ0v) is 13.8. The topological polar surface area (TPSA) is 57.6 Å². The molecule has 1 aromatic carbocycles. The van der Waals surface area contributed by atoms with Gasteiger partial charge >= 0.3 is 0 Å². The Bertz CT molecular complexity index is 739. The normalized spacial score (nSPS) is 14.1. The summed E-state index contributed by atoms with van der Waals surface area (Å²) in [7, 11) is -2.18. The van der Waals surface area contributed by atoms with Gasteiger partial charge in [-0.05, 0) is 32.0 Å². The van der Waals surface area contributed by atoms with Crippen LogP contribution < -0.4 is 0 Å². The molecule has 0 bridgehead atoms. The third kappa shape index (κ3) is 2.58. The third-order valence-electron chi connectivity index (χ3n) is 3.29. The second kappa shape index (κ2) is 5.61. The van der Waals surface area contributed by atoms with Crippen molar-refractivity contribution >= 4 is 43.0 Å². The number of halogens is 1. The Kier molecular flexibility index (Phi) is 4.41. The fourth-order valence-electron chi connectivity index (χ4n) is 1.99. The second-order valence-corrected chi connectivity index (χ2v) is 8.31. The molecule has 1 N–H and O–H groups in total. The Morgan fingerprint density at radius 3 is 2.70 bits per heavy atom. The average molecular weight is 334 g/mol. The smallest absolute Gasteiger partial charge is 0.244 e. The molecule has 0 aliphatic rings. The predicted molar refractivity (Wildman–Crippen MR) is 83.1 cm³/mol. The fraction of sp³-hybridized carbons (Fsp3) is 0.385. The number of aliphatic hydroxyl groups excluding tert-OH is 1. The number of aryl methyl sites for hydroxylation is 1. The van der Waals surface area contributed by atoms with E-state index < -0.39 is 16.1 Å². The molecule has 0 amide bonds. The summed E-state index contributed by atoms with van der Waals surface area (Å²) in [5.74, 6) is 0. The Hall–Kier alpha value is -0.660. The number of hydrogen-bond acceptors (Lipinski definition) is 4. The van der Waals surface area contributed by atoms with Crippen LogP contribution in [0.4, 0.5) is 0 Å². The molecule has 0 aliphatic carbocycles. The minimum Gasteiger partial charge on any atom is -0.395 e.